The summed E-state index contributed by atoms with van der Waals surface area (Å²) in [6.45, 7) is 4.01. The molecule has 0 unspecified atom stereocenters. The molecule has 0 spiro atoms. The largest absolute Gasteiger partial charge is 0.345 e. The molecule has 134 valence electrons. The fraction of sp³-hybridized carbons (Fsp3) is 0.643. The number of nitrogens with one attached hydrogen (secondary N) is 1. The molecule has 0 aliphatic carbocycles. The molecule has 0 aromatic carbocycles. The highest BCUT2D eigenvalue weighted by Crippen LogP contribution is 2.20. The fourth-order valence-corrected chi connectivity index (χ4v) is 3.82. The monoisotopic (exact) mass is 366 g/mol. The predicted octanol–water partition coefficient (Wildman–Crippen LogP) is 0.944. The normalized spacial score (nSPS) is 11.9. The van der Waals surface area contributed by atoms with Gasteiger partial charge in [-0.25, -0.2) is 13.1 Å². The molecule has 3 N–H and O–H groups in total. The first-order valence-electron chi connectivity index (χ1n) is 7.24. The zero-order valence-electron chi connectivity index (χ0n) is 14.3. The molecule has 1 rings (SSSR count). The number of halogens is 1. The van der Waals surface area contributed by atoms with Gasteiger partial charge in [0, 0.05) is 39.4 Å². The maximum absolute atomic E-state index is 12.6. The first-order valence-corrected chi connectivity index (χ1v) is 8.73. The van der Waals surface area contributed by atoms with Crippen LogP contribution >= 0.6 is 12.4 Å². The molecule has 0 fully saturated rings. The fourth-order valence-electron chi connectivity index (χ4n) is 2.19. The summed E-state index contributed by atoms with van der Waals surface area (Å²) in [6, 6.07) is 1.39. The van der Waals surface area contributed by atoms with Crippen molar-refractivity contribution in [2.24, 2.45) is 12.8 Å². The van der Waals surface area contributed by atoms with Crippen molar-refractivity contribution in [3.63, 3.8) is 0 Å². The van der Waals surface area contributed by atoms with E-state index in [1.165, 1.54) is 21.7 Å². The van der Waals surface area contributed by atoms with Gasteiger partial charge in [-0.1, -0.05) is 13.8 Å². The Labute approximate surface area is 144 Å². The van der Waals surface area contributed by atoms with Crippen molar-refractivity contribution in [3.8, 4) is 0 Å². The van der Waals surface area contributed by atoms with Crippen molar-refractivity contribution >= 4 is 28.3 Å². The van der Waals surface area contributed by atoms with E-state index in [1.807, 2.05) is 13.8 Å². The minimum atomic E-state index is -3.74. The molecule has 1 aromatic rings. The minimum Gasteiger partial charge on any atom is -0.345 e. The zero-order chi connectivity index (χ0) is 17.1. The van der Waals surface area contributed by atoms with Crippen LogP contribution < -0.4 is 10.5 Å². The number of carbonyl (C=O) groups excluding carboxylic acids is 1. The molecule has 7 nitrogen and oxygen atoms in total. The number of carbonyl (C=O) groups is 1. The van der Waals surface area contributed by atoms with E-state index in [0.717, 1.165) is 0 Å². The van der Waals surface area contributed by atoms with Gasteiger partial charge in [0.25, 0.3) is 5.91 Å². The Kier molecular flexibility index (Phi) is 7.75. The summed E-state index contributed by atoms with van der Waals surface area (Å²) in [6.07, 6.45) is 2.62. The number of nitrogens with zero attached hydrogens (tertiary/aromatic N) is 2. The van der Waals surface area contributed by atoms with Crippen LogP contribution in [0.1, 0.15) is 37.2 Å². The Hall–Kier alpha value is -1.09. The molecule has 0 aliphatic rings. The Morgan fingerprint density at radius 2 is 1.87 bits per heavy atom. The van der Waals surface area contributed by atoms with E-state index >= 15 is 0 Å². The second kappa shape index (κ2) is 8.14. The first kappa shape index (κ1) is 21.9. The lowest BCUT2D eigenvalue weighted by Gasteiger charge is -2.30. The number of sulfonamides is 1. The van der Waals surface area contributed by atoms with Crippen LogP contribution in [-0.4, -0.2) is 50.0 Å². The summed E-state index contributed by atoms with van der Waals surface area (Å²) in [7, 11) is 1.15. The third-order valence-corrected chi connectivity index (χ3v) is 5.56. The van der Waals surface area contributed by atoms with E-state index in [4.69, 9.17) is 5.73 Å². The molecule has 0 aliphatic heterocycles. The van der Waals surface area contributed by atoms with Crippen LogP contribution in [0.4, 0.5) is 0 Å². The van der Waals surface area contributed by atoms with E-state index in [9.17, 15) is 13.2 Å². The van der Waals surface area contributed by atoms with E-state index in [-0.39, 0.29) is 29.8 Å². The van der Waals surface area contributed by atoms with Gasteiger partial charge >= 0.3 is 0 Å². The summed E-state index contributed by atoms with van der Waals surface area (Å²) >= 11 is 0. The lowest BCUT2D eigenvalue weighted by Crippen LogP contribution is -2.52. The molecular weight excluding hydrogens is 340 g/mol. The minimum absolute atomic E-state index is 0. The maximum atomic E-state index is 12.6. The molecule has 0 atom stereocenters. The van der Waals surface area contributed by atoms with Crippen molar-refractivity contribution < 1.29 is 13.2 Å². The molecule has 23 heavy (non-hydrogen) atoms. The highest BCUT2D eigenvalue weighted by molar-refractivity contribution is 7.89. The van der Waals surface area contributed by atoms with Gasteiger partial charge < -0.3 is 15.2 Å². The SMILES string of the molecule is CCC(CC)(CN)NS(=O)(=O)c1cc(C(=O)N(C)C)n(C)c1.Cl. The highest BCUT2D eigenvalue weighted by Gasteiger charge is 2.32. The average Bonchev–Trinajstić information content (AvgIpc) is 2.86. The van der Waals surface area contributed by atoms with Crippen LogP contribution in [0.25, 0.3) is 0 Å². The van der Waals surface area contributed by atoms with Gasteiger partial charge in [0.05, 0.1) is 0 Å². The van der Waals surface area contributed by atoms with Crippen LogP contribution in [0.15, 0.2) is 17.2 Å². The molecule has 0 saturated carbocycles. The van der Waals surface area contributed by atoms with Crippen molar-refractivity contribution in [2.45, 2.75) is 37.1 Å². The number of hydrogen-bond donors (Lipinski definition) is 2. The molecular formula is C14H27ClN4O3S. The van der Waals surface area contributed by atoms with Crippen molar-refractivity contribution in [1.82, 2.24) is 14.2 Å². The number of hydrogen-bond acceptors (Lipinski definition) is 4. The molecule has 0 radical (unpaired) electrons. The Morgan fingerprint density at radius 1 is 1.35 bits per heavy atom. The van der Waals surface area contributed by atoms with E-state index in [1.54, 1.807) is 21.1 Å². The second-order valence-electron chi connectivity index (χ2n) is 5.67. The van der Waals surface area contributed by atoms with Gasteiger partial charge in [-0.15, -0.1) is 12.4 Å². The summed E-state index contributed by atoms with van der Waals surface area (Å²) in [4.78, 5) is 13.5. The zero-order valence-corrected chi connectivity index (χ0v) is 15.9. The van der Waals surface area contributed by atoms with Gasteiger partial charge in [0.2, 0.25) is 10.0 Å². The van der Waals surface area contributed by atoms with Crippen LogP contribution in [0, 0.1) is 0 Å². The summed E-state index contributed by atoms with van der Waals surface area (Å²) in [5, 5.41) is 0. The maximum Gasteiger partial charge on any atom is 0.269 e. The van der Waals surface area contributed by atoms with Crippen LogP contribution in [0.2, 0.25) is 0 Å². The molecule has 0 bridgehead atoms. The van der Waals surface area contributed by atoms with Gasteiger partial charge in [-0.05, 0) is 18.9 Å². The van der Waals surface area contributed by atoms with Gasteiger partial charge in [-0.2, -0.15) is 0 Å². The molecule has 1 heterocycles. The summed E-state index contributed by atoms with van der Waals surface area (Å²) < 4.78 is 29.4. The first-order chi connectivity index (χ1) is 10.1. The number of amides is 1. The smallest absolute Gasteiger partial charge is 0.269 e. The van der Waals surface area contributed by atoms with Crippen LogP contribution in [0.3, 0.4) is 0 Å². The lowest BCUT2D eigenvalue weighted by atomic mass is 9.95. The standard InChI is InChI=1S/C14H26N4O3S.ClH/c1-6-14(7-2,10-15)16-22(20,21)11-8-12(18(5)9-11)13(19)17(3)4;/h8-9,16H,6-7,10,15H2,1-5H3;1H. The van der Waals surface area contributed by atoms with Gasteiger partial charge in [0.1, 0.15) is 10.6 Å². The van der Waals surface area contributed by atoms with Crippen molar-refractivity contribution in [3.05, 3.63) is 18.0 Å². The molecule has 9 heteroatoms. The second-order valence-corrected chi connectivity index (χ2v) is 7.35. The quantitative estimate of drug-likeness (QED) is 0.750. The van der Waals surface area contributed by atoms with Gasteiger partial charge in [0.15, 0.2) is 0 Å². The van der Waals surface area contributed by atoms with Crippen molar-refractivity contribution in [2.75, 3.05) is 20.6 Å². The van der Waals surface area contributed by atoms with Crippen molar-refractivity contribution in [1.29, 1.82) is 0 Å². The molecule has 1 amide bonds. The summed E-state index contributed by atoms with van der Waals surface area (Å²) in [5.41, 5.74) is 5.39. The Bertz CT molecular complexity index is 628. The number of aromatic nitrogens is 1. The Morgan fingerprint density at radius 3 is 2.26 bits per heavy atom. The summed E-state index contributed by atoms with van der Waals surface area (Å²) in [5.74, 6) is -0.250. The lowest BCUT2D eigenvalue weighted by molar-refractivity contribution is 0.0818. The molecule has 0 saturated heterocycles. The number of nitrogens with two attached hydrogens (primary N) is 1. The third-order valence-electron chi connectivity index (χ3n) is 4.01. The van der Waals surface area contributed by atoms with E-state index in [2.05, 4.69) is 4.72 Å². The van der Waals surface area contributed by atoms with E-state index < -0.39 is 15.6 Å². The van der Waals surface area contributed by atoms with Crippen LogP contribution in [-0.2, 0) is 17.1 Å². The van der Waals surface area contributed by atoms with Gasteiger partial charge in [-0.3, -0.25) is 4.79 Å². The van der Waals surface area contributed by atoms with E-state index in [0.29, 0.717) is 18.5 Å². The molecule has 1 aromatic heterocycles. The topological polar surface area (TPSA) is 97.4 Å². The number of rotatable bonds is 7. The highest BCUT2D eigenvalue weighted by atomic mass is 35.5. The average molecular weight is 367 g/mol. The van der Waals surface area contributed by atoms with Crippen LogP contribution in [0.5, 0.6) is 0 Å². The number of aryl methyl sites for hydroxylation is 1. The Balaban J connectivity index is 0.00000484. The predicted molar refractivity (Wildman–Crippen MR) is 93.4 cm³/mol. The third kappa shape index (κ3) is 4.69.